The molecule has 0 amide bonds. The van der Waals surface area contributed by atoms with Gasteiger partial charge in [-0.15, -0.1) is 0 Å². The number of benzene rings is 1. The normalized spacial score (nSPS) is 14.9. The molecule has 1 aromatic carbocycles. The van der Waals surface area contributed by atoms with Crippen molar-refractivity contribution in [2.24, 2.45) is 0 Å². The number of nitrogens with zero attached hydrogens (tertiary/aromatic N) is 2. The van der Waals surface area contributed by atoms with Crippen molar-refractivity contribution in [1.29, 1.82) is 5.41 Å². The van der Waals surface area contributed by atoms with Gasteiger partial charge in [0.25, 0.3) is 0 Å². The molecule has 2 heterocycles. The Balaban J connectivity index is 2.02. The number of nitrogens with one attached hydrogen (secondary N) is 2. The van der Waals surface area contributed by atoms with Crippen LogP contribution in [-0.2, 0) is 0 Å². The Hall–Kier alpha value is -2.55. The molecule has 1 aliphatic rings. The van der Waals surface area contributed by atoms with Crippen LogP contribution in [0.3, 0.4) is 0 Å². The van der Waals surface area contributed by atoms with Crippen LogP contribution in [0.1, 0.15) is 70.7 Å². The van der Waals surface area contributed by atoms with E-state index >= 15 is 0 Å². The van der Waals surface area contributed by atoms with Gasteiger partial charge in [0.1, 0.15) is 21.0 Å². The highest BCUT2D eigenvalue weighted by Crippen LogP contribution is 2.37. The molecule has 0 saturated carbocycles. The molecule has 1 aromatic heterocycles. The summed E-state index contributed by atoms with van der Waals surface area (Å²) in [6.45, 7) is 12.5. The molecule has 1 unspecified atom stereocenters. The first-order valence-electron chi connectivity index (χ1n) is 11.3. The predicted molar refractivity (Wildman–Crippen MR) is 145 cm³/mol. The highest BCUT2D eigenvalue weighted by atomic mass is 127. The molecule has 3 rings (SSSR count). The van der Waals surface area contributed by atoms with Crippen LogP contribution >= 0.6 is 20.7 Å². The maximum Gasteiger partial charge on any atom is 0.165 e. The Morgan fingerprint density at radius 3 is 2.73 bits per heavy atom. The molecular formula is C26H32FIN4O. The predicted octanol–water partition coefficient (Wildman–Crippen LogP) is 7.59. The van der Waals surface area contributed by atoms with Gasteiger partial charge in [0.05, 0.1) is 11.6 Å². The van der Waals surface area contributed by atoms with Crippen LogP contribution in [0.15, 0.2) is 54.3 Å². The topological polar surface area (TPSA) is 62.9 Å². The number of rotatable bonds is 10. The number of halogens is 2. The van der Waals surface area contributed by atoms with Gasteiger partial charge in [-0.05, 0) is 71.2 Å². The van der Waals surface area contributed by atoms with E-state index in [1.165, 1.54) is 6.07 Å². The first kappa shape index (κ1) is 25.1. The number of fused-ring (bicyclic) bond motifs is 1. The molecule has 2 aromatic rings. The van der Waals surface area contributed by atoms with Gasteiger partial charge in [0, 0.05) is 9.71 Å². The van der Waals surface area contributed by atoms with E-state index in [4.69, 9.17) is 15.2 Å². The number of aromatic nitrogens is 2. The molecule has 176 valence electrons. The van der Waals surface area contributed by atoms with Crippen molar-refractivity contribution in [3.8, 4) is 5.75 Å². The van der Waals surface area contributed by atoms with E-state index in [-0.39, 0.29) is 11.8 Å². The molecule has 0 aliphatic carbocycles. The Morgan fingerprint density at radius 1 is 1.30 bits per heavy atom. The number of para-hydroxylation sites is 1. The van der Waals surface area contributed by atoms with Crippen LogP contribution in [0.25, 0.3) is 5.57 Å². The summed E-state index contributed by atoms with van der Waals surface area (Å²) in [5.74, 6) is 0.962. The maximum absolute atomic E-state index is 14.0. The number of anilines is 1. The van der Waals surface area contributed by atoms with Gasteiger partial charge in [0.15, 0.2) is 11.6 Å². The minimum atomic E-state index is -0.520. The summed E-state index contributed by atoms with van der Waals surface area (Å²) in [5.41, 5.74) is 3.82. The lowest BCUT2D eigenvalue weighted by molar-refractivity contribution is 0.413. The van der Waals surface area contributed by atoms with Crippen molar-refractivity contribution >= 4 is 40.0 Å². The second-order valence-corrected chi connectivity index (χ2v) is 10.2. The zero-order valence-corrected chi connectivity index (χ0v) is 21.9. The molecule has 33 heavy (non-hydrogen) atoms. The van der Waals surface area contributed by atoms with E-state index < -0.39 is 26.5 Å². The lowest BCUT2D eigenvalue weighted by Gasteiger charge is -2.19. The second-order valence-electron chi connectivity index (χ2n) is 7.92. The van der Waals surface area contributed by atoms with E-state index in [2.05, 4.69) is 44.3 Å². The lowest BCUT2D eigenvalue weighted by atomic mass is 10.0. The average molecular weight is 562 g/mol. The summed E-state index contributed by atoms with van der Waals surface area (Å²) in [6.07, 6.45) is 7.59. The van der Waals surface area contributed by atoms with Crippen molar-refractivity contribution in [2.45, 2.75) is 59.4 Å². The summed E-state index contributed by atoms with van der Waals surface area (Å²) >= 11 is -0.520. The van der Waals surface area contributed by atoms with Crippen LogP contribution in [0.5, 0.6) is 5.75 Å². The van der Waals surface area contributed by atoms with Gasteiger partial charge in [-0.2, -0.15) is 5.10 Å². The summed E-state index contributed by atoms with van der Waals surface area (Å²) in [5, 5.41) is 17.2. The Morgan fingerprint density at radius 2 is 2.06 bits per heavy atom. The third-order valence-electron chi connectivity index (χ3n) is 5.68. The molecule has 5 nitrogen and oxygen atoms in total. The summed E-state index contributed by atoms with van der Waals surface area (Å²) in [4.78, 5) is 0. The first-order chi connectivity index (χ1) is 15.9. The van der Waals surface area contributed by atoms with Crippen molar-refractivity contribution in [2.75, 3.05) is 5.32 Å². The molecule has 2 N–H and O–H groups in total. The van der Waals surface area contributed by atoms with Crippen molar-refractivity contribution in [1.82, 2.24) is 9.78 Å². The second kappa shape index (κ2) is 11.5. The molecule has 0 radical (unpaired) electrons. The molecule has 0 saturated heterocycles. The molecule has 1 atom stereocenters. The van der Waals surface area contributed by atoms with Gasteiger partial charge < -0.3 is 10.1 Å². The third kappa shape index (κ3) is 5.69. The third-order valence-corrected chi connectivity index (χ3v) is 7.47. The molecule has 7 heteroatoms. The molecular weight excluding hydrogens is 530 g/mol. The molecule has 1 aliphatic heterocycles. The molecule has 0 spiro atoms. The number of ether oxygens (including phenoxy) is 1. The first-order valence-corrected chi connectivity index (χ1v) is 13.7. The van der Waals surface area contributed by atoms with Crippen molar-refractivity contribution < 1.29 is 9.13 Å². The van der Waals surface area contributed by atoms with Gasteiger partial charge in [-0.25, -0.2) is 9.07 Å². The number of hydrogen-bond acceptors (Lipinski definition) is 4. The van der Waals surface area contributed by atoms with Gasteiger partial charge in [-0.3, -0.25) is 5.41 Å². The SMILES string of the molecule is C=C(C=CC(=C(C)CC)c1nn(C(CC)CCC)c2c1C(=N)I=CN2)Oc1ccccc1F. The van der Waals surface area contributed by atoms with Crippen LogP contribution in [0.2, 0.25) is 0 Å². The standard InChI is InChI=1S/C26H32FIN4O/c1-6-11-19(8-3)32-26-23(25(29)28-16-30-26)24(31-32)20(17(4)7-2)15-14-18(5)33-22-13-10-9-12-21(22)27/h9-10,12-16,19,29-30H,5-8,11H2,1-4H3. The monoisotopic (exact) mass is 562 g/mol. The van der Waals surface area contributed by atoms with Crippen LogP contribution in [0, 0.1) is 11.2 Å². The van der Waals surface area contributed by atoms with Crippen LogP contribution in [0.4, 0.5) is 10.2 Å². The Kier molecular flexibility index (Phi) is 8.77. The van der Waals surface area contributed by atoms with E-state index in [1.54, 1.807) is 24.3 Å². The highest BCUT2D eigenvalue weighted by Gasteiger charge is 2.27. The fourth-order valence-corrected chi connectivity index (χ4v) is 5.33. The van der Waals surface area contributed by atoms with E-state index in [0.717, 1.165) is 53.9 Å². The summed E-state index contributed by atoms with van der Waals surface area (Å²) < 4.78 is 24.3. The van der Waals surface area contributed by atoms with E-state index in [9.17, 15) is 4.39 Å². The minimum Gasteiger partial charge on any atom is -0.455 e. The fraction of sp³-hybridized carbons (Fsp3) is 0.346. The van der Waals surface area contributed by atoms with Crippen molar-refractivity contribution in [3.05, 3.63) is 71.4 Å². The van der Waals surface area contributed by atoms with Gasteiger partial charge in [-0.1, -0.05) is 51.5 Å². The molecule has 0 bridgehead atoms. The summed E-state index contributed by atoms with van der Waals surface area (Å²) in [6, 6.07) is 6.55. The Labute approximate surface area is 205 Å². The van der Waals surface area contributed by atoms with Crippen LogP contribution < -0.4 is 10.1 Å². The fourth-order valence-electron chi connectivity index (χ4n) is 3.75. The smallest absolute Gasteiger partial charge is 0.165 e. The Bertz CT molecular complexity index is 1130. The highest BCUT2D eigenvalue weighted by molar-refractivity contribution is 14.2. The minimum absolute atomic E-state index is 0.142. The lowest BCUT2D eigenvalue weighted by Crippen LogP contribution is -2.15. The maximum atomic E-state index is 14.0. The largest absolute Gasteiger partial charge is 0.455 e. The molecule has 0 fully saturated rings. The summed E-state index contributed by atoms with van der Waals surface area (Å²) in [7, 11) is 0. The number of allylic oxidation sites excluding steroid dienone is 4. The van der Waals surface area contributed by atoms with E-state index in [1.807, 2.05) is 10.2 Å². The van der Waals surface area contributed by atoms with Crippen LogP contribution in [-0.4, -0.2) is 17.6 Å². The zero-order chi connectivity index (χ0) is 24.0. The van der Waals surface area contributed by atoms with Crippen molar-refractivity contribution in [3.63, 3.8) is 0 Å². The van der Waals surface area contributed by atoms with Gasteiger partial charge in [0.2, 0.25) is 0 Å². The van der Waals surface area contributed by atoms with E-state index in [0.29, 0.717) is 9.48 Å². The average Bonchev–Trinajstić information content (AvgIpc) is 3.19. The van der Waals surface area contributed by atoms with Gasteiger partial charge >= 0.3 is 0 Å². The number of hydrogen-bond donors (Lipinski definition) is 2. The zero-order valence-electron chi connectivity index (χ0n) is 19.7. The quantitative estimate of drug-likeness (QED) is 0.178.